The number of rotatable bonds is 3. The molecule has 2 aromatic rings. The molecule has 0 aliphatic carbocycles. The van der Waals surface area contributed by atoms with Crippen LogP contribution in [-0.4, -0.2) is 29.8 Å². The lowest BCUT2D eigenvalue weighted by Gasteiger charge is -2.18. The van der Waals surface area contributed by atoms with Crippen molar-refractivity contribution in [2.24, 2.45) is 0 Å². The first-order chi connectivity index (χ1) is 11.2. The van der Waals surface area contributed by atoms with Crippen molar-refractivity contribution in [2.75, 3.05) is 18.4 Å². The lowest BCUT2D eigenvalue weighted by molar-refractivity contribution is 0.0794. The smallest absolute Gasteiger partial charge is 0.258 e. The lowest BCUT2D eigenvalue weighted by atomic mass is 10.1. The molecular weight excluding hydrogens is 295 g/mol. The zero-order valence-corrected chi connectivity index (χ0v) is 12.6. The Labute approximate surface area is 133 Å². The predicted octanol–water partition coefficient (Wildman–Crippen LogP) is 3.31. The van der Waals surface area contributed by atoms with Crippen LogP contribution in [0.15, 0.2) is 48.5 Å². The Balaban J connectivity index is 1.84. The van der Waals surface area contributed by atoms with Gasteiger partial charge in [0, 0.05) is 13.1 Å². The van der Waals surface area contributed by atoms with Crippen LogP contribution in [0.2, 0.25) is 0 Å². The van der Waals surface area contributed by atoms with Gasteiger partial charge in [0.05, 0.1) is 16.8 Å². The highest BCUT2D eigenvalue weighted by Gasteiger charge is 2.22. The number of nitrogens with zero attached hydrogens (tertiary/aromatic N) is 1. The van der Waals surface area contributed by atoms with Gasteiger partial charge in [0.1, 0.15) is 5.82 Å². The molecule has 0 radical (unpaired) electrons. The van der Waals surface area contributed by atoms with E-state index in [1.165, 1.54) is 18.2 Å². The fourth-order valence-electron chi connectivity index (χ4n) is 2.70. The molecule has 2 amide bonds. The Kier molecular flexibility index (Phi) is 4.37. The van der Waals surface area contributed by atoms with Gasteiger partial charge in [-0.2, -0.15) is 0 Å². The normalized spacial score (nSPS) is 13.9. The van der Waals surface area contributed by atoms with Crippen LogP contribution in [0.4, 0.5) is 10.1 Å². The van der Waals surface area contributed by atoms with Gasteiger partial charge in [0.2, 0.25) is 0 Å². The van der Waals surface area contributed by atoms with E-state index in [0.717, 1.165) is 25.9 Å². The molecule has 0 spiro atoms. The first-order valence-corrected chi connectivity index (χ1v) is 7.61. The van der Waals surface area contributed by atoms with Crippen LogP contribution in [0.5, 0.6) is 0 Å². The number of nitrogens with one attached hydrogen (secondary N) is 1. The third-order valence-corrected chi connectivity index (χ3v) is 3.92. The SMILES string of the molecule is O=C(Nc1ccccc1C(=O)N1CCCC1)c1ccccc1F. The fraction of sp³-hybridized carbons (Fsp3) is 0.222. The number of amides is 2. The number of benzene rings is 2. The van der Waals surface area contributed by atoms with Crippen LogP contribution in [0.3, 0.4) is 0 Å². The third kappa shape index (κ3) is 3.23. The monoisotopic (exact) mass is 312 g/mol. The van der Waals surface area contributed by atoms with Crippen molar-refractivity contribution in [1.29, 1.82) is 0 Å². The van der Waals surface area contributed by atoms with Gasteiger partial charge in [-0.25, -0.2) is 4.39 Å². The van der Waals surface area contributed by atoms with E-state index >= 15 is 0 Å². The van der Waals surface area contributed by atoms with Gasteiger partial charge in [-0.15, -0.1) is 0 Å². The minimum absolute atomic E-state index is 0.0454. The second kappa shape index (κ2) is 6.60. The number of para-hydroxylation sites is 1. The average Bonchev–Trinajstić information content (AvgIpc) is 3.09. The first-order valence-electron chi connectivity index (χ1n) is 7.61. The van der Waals surface area contributed by atoms with Crippen molar-refractivity contribution in [3.63, 3.8) is 0 Å². The van der Waals surface area contributed by atoms with Gasteiger partial charge in [-0.1, -0.05) is 24.3 Å². The topological polar surface area (TPSA) is 49.4 Å². The molecule has 5 heteroatoms. The Bertz CT molecular complexity index is 739. The second-order valence-electron chi connectivity index (χ2n) is 5.48. The van der Waals surface area contributed by atoms with Crippen LogP contribution in [-0.2, 0) is 0 Å². The summed E-state index contributed by atoms with van der Waals surface area (Å²) in [4.78, 5) is 26.6. The van der Waals surface area contributed by atoms with Gasteiger partial charge >= 0.3 is 0 Å². The largest absolute Gasteiger partial charge is 0.339 e. The zero-order valence-electron chi connectivity index (χ0n) is 12.6. The van der Waals surface area contributed by atoms with Gasteiger partial charge < -0.3 is 10.2 Å². The van der Waals surface area contributed by atoms with Gasteiger partial charge in [0.25, 0.3) is 11.8 Å². The van der Waals surface area contributed by atoms with Crippen LogP contribution < -0.4 is 5.32 Å². The summed E-state index contributed by atoms with van der Waals surface area (Å²) >= 11 is 0. The number of anilines is 1. The molecule has 1 saturated heterocycles. The minimum atomic E-state index is -0.589. The molecule has 1 aliphatic heterocycles. The summed E-state index contributed by atoms with van der Waals surface area (Å²) in [6, 6.07) is 12.6. The van der Waals surface area contributed by atoms with Crippen molar-refractivity contribution in [3.05, 3.63) is 65.5 Å². The van der Waals surface area contributed by atoms with E-state index in [4.69, 9.17) is 0 Å². The summed E-state index contributed by atoms with van der Waals surface area (Å²) in [6.07, 6.45) is 1.99. The second-order valence-corrected chi connectivity index (χ2v) is 5.48. The molecule has 0 atom stereocenters. The number of likely N-dealkylation sites (tertiary alicyclic amines) is 1. The summed E-state index contributed by atoms with van der Waals surface area (Å²) in [5, 5.41) is 2.65. The van der Waals surface area contributed by atoms with E-state index in [2.05, 4.69) is 5.32 Å². The van der Waals surface area contributed by atoms with Crippen molar-refractivity contribution in [1.82, 2.24) is 4.90 Å². The first kappa shape index (κ1) is 15.2. The van der Waals surface area contributed by atoms with Crippen LogP contribution in [0.1, 0.15) is 33.6 Å². The molecule has 1 heterocycles. The van der Waals surface area contributed by atoms with Gasteiger partial charge in [-0.3, -0.25) is 9.59 Å². The molecule has 0 aromatic heterocycles. The summed E-state index contributed by atoms with van der Waals surface area (Å²) in [6.45, 7) is 1.46. The van der Waals surface area contributed by atoms with Crippen LogP contribution in [0.25, 0.3) is 0 Å². The molecule has 1 fully saturated rings. The summed E-state index contributed by atoms with van der Waals surface area (Å²) < 4.78 is 13.7. The number of hydrogen-bond donors (Lipinski definition) is 1. The van der Waals surface area contributed by atoms with Crippen molar-refractivity contribution < 1.29 is 14.0 Å². The van der Waals surface area contributed by atoms with E-state index in [-0.39, 0.29) is 11.5 Å². The summed E-state index contributed by atoms with van der Waals surface area (Å²) in [7, 11) is 0. The molecule has 2 aromatic carbocycles. The van der Waals surface area contributed by atoms with Crippen molar-refractivity contribution >= 4 is 17.5 Å². The fourth-order valence-corrected chi connectivity index (χ4v) is 2.70. The van der Waals surface area contributed by atoms with Crippen molar-refractivity contribution in [3.8, 4) is 0 Å². The standard InChI is InChI=1S/C18H17FN2O2/c19-15-9-3-1-7-13(15)17(22)20-16-10-4-2-8-14(16)18(23)21-11-5-6-12-21/h1-4,7-10H,5-6,11-12H2,(H,20,22). The van der Waals surface area contributed by atoms with E-state index in [1.54, 1.807) is 35.2 Å². The molecule has 118 valence electrons. The van der Waals surface area contributed by atoms with E-state index in [9.17, 15) is 14.0 Å². The average molecular weight is 312 g/mol. The third-order valence-electron chi connectivity index (χ3n) is 3.92. The molecular formula is C18H17FN2O2. The van der Waals surface area contributed by atoms with E-state index in [1.807, 2.05) is 0 Å². The highest BCUT2D eigenvalue weighted by Crippen LogP contribution is 2.21. The minimum Gasteiger partial charge on any atom is -0.339 e. The molecule has 23 heavy (non-hydrogen) atoms. The van der Waals surface area contributed by atoms with Crippen LogP contribution >= 0.6 is 0 Å². The molecule has 3 rings (SSSR count). The molecule has 1 N–H and O–H groups in total. The lowest BCUT2D eigenvalue weighted by Crippen LogP contribution is -2.28. The highest BCUT2D eigenvalue weighted by atomic mass is 19.1. The van der Waals surface area contributed by atoms with Gasteiger partial charge in [-0.05, 0) is 37.1 Å². The Hall–Kier alpha value is -2.69. The predicted molar refractivity (Wildman–Crippen MR) is 85.9 cm³/mol. The maximum atomic E-state index is 13.7. The van der Waals surface area contributed by atoms with E-state index in [0.29, 0.717) is 11.3 Å². The Morgan fingerprint density at radius 2 is 1.52 bits per heavy atom. The zero-order chi connectivity index (χ0) is 16.2. The quantitative estimate of drug-likeness (QED) is 0.945. The molecule has 1 aliphatic rings. The number of hydrogen-bond acceptors (Lipinski definition) is 2. The number of halogens is 1. The Morgan fingerprint density at radius 3 is 2.22 bits per heavy atom. The number of carbonyl (C=O) groups is 2. The van der Waals surface area contributed by atoms with E-state index < -0.39 is 11.7 Å². The number of carbonyl (C=O) groups excluding carboxylic acids is 2. The Morgan fingerprint density at radius 1 is 0.913 bits per heavy atom. The molecule has 4 nitrogen and oxygen atoms in total. The van der Waals surface area contributed by atoms with Crippen LogP contribution in [0, 0.1) is 5.82 Å². The summed E-state index contributed by atoms with van der Waals surface area (Å²) in [5.41, 5.74) is 0.785. The van der Waals surface area contributed by atoms with Gasteiger partial charge in [0.15, 0.2) is 0 Å². The maximum Gasteiger partial charge on any atom is 0.258 e. The molecule has 0 bridgehead atoms. The maximum absolute atomic E-state index is 13.7. The highest BCUT2D eigenvalue weighted by molar-refractivity contribution is 6.09. The molecule has 0 unspecified atom stereocenters. The van der Waals surface area contributed by atoms with Crippen molar-refractivity contribution in [2.45, 2.75) is 12.8 Å². The molecule has 0 saturated carbocycles. The summed E-state index contributed by atoms with van der Waals surface area (Å²) in [5.74, 6) is -1.26.